The first-order valence-corrected chi connectivity index (χ1v) is 9.15. The fraction of sp³-hybridized carbons (Fsp3) is 0.273. The van der Waals surface area contributed by atoms with Crippen LogP contribution >= 0.6 is 0 Å². The van der Waals surface area contributed by atoms with Crippen LogP contribution in [0.4, 0.5) is 0 Å². The summed E-state index contributed by atoms with van der Waals surface area (Å²) in [6.45, 7) is 1.49. The molecular weight excluding hydrogens is 322 g/mol. The largest absolute Gasteiger partial charge is 0.341 e. The molecule has 4 nitrogen and oxygen atoms in total. The number of benzene rings is 2. The van der Waals surface area contributed by atoms with Crippen LogP contribution in [-0.4, -0.2) is 21.9 Å². The molecule has 0 radical (unpaired) electrons. The molecule has 2 aromatic carbocycles. The molecule has 1 amide bonds. The van der Waals surface area contributed by atoms with Gasteiger partial charge in [0.2, 0.25) is 0 Å². The van der Waals surface area contributed by atoms with Crippen molar-refractivity contribution < 1.29 is 4.79 Å². The normalized spacial score (nSPS) is 21.3. The average molecular weight is 341 g/mol. The van der Waals surface area contributed by atoms with Gasteiger partial charge >= 0.3 is 0 Å². The Bertz CT molecular complexity index is 1030. The summed E-state index contributed by atoms with van der Waals surface area (Å²) in [5, 5.41) is 11.5. The van der Waals surface area contributed by atoms with Crippen molar-refractivity contribution in [1.82, 2.24) is 9.47 Å². The van der Waals surface area contributed by atoms with Gasteiger partial charge in [-0.2, -0.15) is 5.26 Å². The lowest BCUT2D eigenvalue weighted by atomic mass is 9.80. The maximum atomic E-state index is 13.3. The fourth-order valence-corrected chi connectivity index (χ4v) is 4.80. The van der Waals surface area contributed by atoms with Gasteiger partial charge in [0.15, 0.2) is 5.54 Å². The Hall–Kier alpha value is -3.06. The van der Waals surface area contributed by atoms with E-state index in [-0.39, 0.29) is 5.91 Å². The zero-order chi connectivity index (χ0) is 17.7. The van der Waals surface area contributed by atoms with E-state index in [0.29, 0.717) is 18.5 Å². The van der Waals surface area contributed by atoms with Crippen molar-refractivity contribution in [2.45, 2.75) is 31.3 Å². The van der Waals surface area contributed by atoms with E-state index in [0.717, 1.165) is 25.1 Å². The van der Waals surface area contributed by atoms with Crippen molar-refractivity contribution in [2.75, 3.05) is 6.54 Å². The van der Waals surface area contributed by atoms with E-state index in [1.165, 1.54) is 16.5 Å². The molecule has 128 valence electrons. The maximum absolute atomic E-state index is 13.3. The third kappa shape index (κ3) is 1.86. The van der Waals surface area contributed by atoms with Crippen LogP contribution in [0.5, 0.6) is 0 Å². The van der Waals surface area contributed by atoms with Crippen molar-refractivity contribution in [3.8, 4) is 6.07 Å². The minimum absolute atomic E-state index is 0.0449. The summed E-state index contributed by atoms with van der Waals surface area (Å²) in [7, 11) is 0. The van der Waals surface area contributed by atoms with E-state index in [9.17, 15) is 10.1 Å². The fourth-order valence-electron chi connectivity index (χ4n) is 4.80. The second kappa shape index (κ2) is 5.47. The summed E-state index contributed by atoms with van der Waals surface area (Å²) in [5.74, 6) is -0.0449. The number of amides is 1. The number of carbonyl (C=O) groups excluding carboxylic acids is 1. The molecule has 5 rings (SSSR count). The quantitative estimate of drug-likeness (QED) is 0.675. The number of para-hydroxylation sites is 1. The lowest BCUT2D eigenvalue weighted by Crippen LogP contribution is -2.55. The van der Waals surface area contributed by atoms with Gasteiger partial charge < -0.3 is 9.47 Å². The van der Waals surface area contributed by atoms with Crippen molar-refractivity contribution in [3.05, 3.63) is 71.4 Å². The molecule has 1 atom stereocenters. The standard InChI is InChI=1S/C22H19N3O/c23-15-22-12-6-13-24-19-10-5-4-9-17(19)18(20(22)24)11-14-25(22)21(26)16-7-2-1-3-8-16/h1-5,7-10H,6,11-14H2. The third-order valence-corrected chi connectivity index (χ3v) is 5.88. The van der Waals surface area contributed by atoms with Crippen LogP contribution in [0.2, 0.25) is 0 Å². The molecule has 0 aliphatic carbocycles. The maximum Gasteiger partial charge on any atom is 0.255 e. The van der Waals surface area contributed by atoms with Crippen molar-refractivity contribution in [2.24, 2.45) is 0 Å². The monoisotopic (exact) mass is 341 g/mol. The minimum atomic E-state index is -0.863. The first kappa shape index (κ1) is 15.2. The molecule has 0 spiro atoms. The SMILES string of the molecule is N#CC12CCCn3c1c(c1ccccc13)CCN2C(=O)c1ccccc1. The molecule has 1 aromatic heterocycles. The number of aryl methyl sites for hydroxylation is 1. The Morgan fingerprint density at radius 1 is 1.04 bits per heavy atom. The van der Waals surface area contributed by atoms with Gasteiger partial charge in [-0.1, -0.05) is 36.4 Å². The number of aromatic nitrogens is 1. The molecule has 2 aliphatic heterocycles. The molecule has 0 bridgehead atoms. The molecule has 0 fully saturated rings. The van der Waals surface area contributed by atoms with Crippen LogP contribution in [0.15, 0.2) is 54.6 Å². The highest BCUT2D eigenvalue weighted by molar-refractivity contribution is 5.96. The molecule has 0 saturated heterocycles. The Labute approximate surface area is 152 Å². The molecule has 1 unspecified atom stereocenters. The van der Waals surface area contributed by atoms with E-state index in [1.807, 2.05) is 41.3 Å². The van der Waals surface area contributed by atoms with Crippen molar-refractivity contribution in [3.63, 3.8) is 0 Å². The van der Waals surface area contributed by atoms with Gasteiger partial charge in [-0.05, 0) is 43.0 Å². The summed E-state index contributed by atoms with van der Waals surface area (Å²) >= 11 is 0. The van der Waals surface area contributed by atoms with Gasteiger partial charge in [0.25, 0.3) is 5.91 Å². The lowest BCUT2D eigenvalue weighted by Gasteiger charge is -2.45. The molecule has 2 aliphatic rings. The predicted octanol–water partition coefficient (Wildman–Crippen LogP) is 3.85. The number of nitriles is 1. The van der Waals surface area contributed by atoms with Gasteiger partial charge in [0, 0.05) is 29.6 Å². The second-order valence-corrected chi connectivity index (χ2v) is 7.14. The van der Waals surface area contributed by atoms with Crippen LogP contribution < -0.4 is 0 Å². The Kier molecular flexibility index (Phi) is 3.20. The van der Waals surface area contributed by atoms with E-state index >= 15 is 0 Å². The van der Waals surface area contributed by atoms with Gasteiger partial charge in [-0.25, -0.2) is 0 Å². The van der Waals surface area contributed by atoms with E-state index in [4.69, 9.17) is 0 Å². The highest BCUT2D eigenvalue weighted by atomic mass is 16.2. The molecule has 26 heavy (non-hydrogen) atoms. The lowest BCUT2D eigenvalue weighted by molar-refractivity contribution is 0.0480. The highest BCUT2D eigenvalue weighted by Crippen LogP contribution is 2.46. The Morgan fingerprint density at radius 3 is 2.62 bits per heavy atom. The van der Waals surface area contributed by atoms with E-state index < -0.39 is 5.54 Å². The number of carbonyl (C=O) groups is 1. The summed E-state index contributed by atoms with van der Waals surface area (Å²) < 4.78 is 2.28. The highest BCUT2D eigenvalue weighted by Gasteiger charge is 2.50. The van der Waals surface area contributed by atoms with Crippen LogP contribution in [-0.2, 0) is 18.5 Å². The van der Waals surface area contributed by atoms with Gasteiger partial charge in [0.1, 0.15) is 0 Å². The minimum Gasteiger partial charge on any atom is -0.341 e. The first-order chi connectivity index (χ1) is 12.8. The third-order valence-electron chi connectivity index (χ3n) is 5.88. The number of hydrogen-bond donors (Lipinski definition) is 0. The van der Waals surface area contributed by atoms with Gasteiger partial charge in [-0.3, -0.25) is 4.79 Å². The number of nitrogens with zero attached hydrogens (tertiary/aromatic N) is 3. The average Bonchev–Trinajstić information content (AvgIpc) is 3.04. The molecule has 3 aromatic rings. The molecule has 0 N–H and O–H groups in total. The Morgan fingerprint density at radius 2 is 1.81 bits per heavy atom. The summed E-state index contributed by atoms with van der Waals surface area (Å²) in [6, 6.07) is 20.3. The molecule has 4 heteroatoms. The van der Waals surface area contributed by atoms with Crippen LogP contribution in [0.1, 0.15) is 34.5 Å². The predicted molar refractivity (Wildman–Crippen MR) is 99.6 cm³/mol. The van der Waals surface area contributed by atoms with E-state index in [2.05, 4.69) is 28.8 Å². The summed E-state index contributed by atoms with van der Waals surface area (Å²) in [4.78, 5) is 15.1. The van der Waals surface area contributed by atoms with E-state index in [1.54, 1.807) is 0 Å². The van der Waals surface area contributed by atoms with Crippen LogP contribution in [0, 0.1) is 11.3 Å². The van der Waals surface area contributed by atoms with Crippen molar-refractivity contribution in [1.29, 1.82) is 5.26 Å². The molecule has 0 saturated carbocycles. The van der Waals surface area contributed by atoms with Crippen LogP contribution in [0.25, 0.3) is 10.9 Å². The second-order valence-electron chi connectivity index (χ2n) is 7.14. The number of hydrogen-bond acceptors (Lipinski definition) is 2. The number of rotatable bonds is 1. The van der Waals surface area contributed by atoms with Crippen molar-refractivity contribution >= 4 is 16.8 Å². The van der Waals surface area contributed by atoms with Gasteiger partial charge in [-0.15, -0.1) is 0 Å². The van der Waals surface area contributed by atoms with Gasteiger partial charge in [0.05, 0.1) is 11.8 Å². The summed E-state index contributed by atoms with van der Waals surface area (Å²) in [5.41, 5.74) is 3.27. The molecular formula is C22H19N3O. The summed E-state index contributed by atoms with van der Waals surface area (Å²) in [6.07, 6.45) is 2.40. The smallest absolute Gasteiger partial charge is 0.255 e. The molecule has 3 heterocycles. The van der Waals surface area contributed by atoms with Crippen LogP contribution in [0.3, 0.4) is 0 Å². The number of fused-ring (bicyclic) bond motifs is 3. The topological polar surface area (TPSA) is 49.0 Å². The zero-order valence-electron chi connectivity index (χ0n) is 14.5. The first-order valence-electron chi connectivity index (χ1n) is 9.15. The zero-order valence-corrected chi connectivity index (χ0v) is 14.5. The Balaban J connectivity index is 1.74.